The lowest BCUT2D eigenvalue weighted by atomic mass is 10.1. The fraction of sp³-hybridized carbons (Fsp3) is 0.133. The van der Waals surface area contributed by atoms with Crippen molar-refractivity contribution in [1.29, 1.82) is 0 Å². The molecule has 21 heavy (non-hydrogen) atoms. The Balaban J connectivity index is 2.16. The lowest BCUT2D eigenvalue weighted by molar-refractivity contribution is 0.0987. The van der Waals surface area contributed by atoms with Crippen LogP contribution >= 0.6 is 27.5 Å². The van der Waals surface area contributed by atoms with Crippen molar-refractivity contribution in [2.45, 2.75) is 15.5 Å². The van der Waals surface area contributed by atoms with Crippen molar-refractivity contribution in [2.75, 3.05) is 0 Å². The fourth-order valence-corrected chi connectivity index (χ4v) is 4.04. The second-order valence-corrected chi connectivity index (χ2v) is 8.68. The number of hydrogen-bond acceptors (Lipinski definition) is 3. The Kier molecular flexibility index (Phi) is 5.19. The molecule has 0 fully saturated rings. The van der Waals surface area contributed by atoms with Crippen LogP contribution in [0.1, 0.15) is 16.8 Å². The Labute approximate surface area is 137 Å². The van der Waals surface area contributed by atoms with Gasteiger partial charge in [-0.3, -0.25) is 4.79 Å². The van der Waals surface area contributed by atoms with E-state index in [0.717, 1.165) is 0 Å². The molecule has 0 aliphatic rings. The number of alkyl halides is 1. The molecule has 2 aromatic carbocycles. The summed E-state index contributed by atoms with van der Waals surface area (Å²) in [4.78, 5) is 12.3. The molecule has 0 unspecified atom stereocenters. The molecular weight excluding hydrogens is 376 g/mol. The van der Waals surface area contributed by atoms with Gasteiger partial charge in [0, 0.05) is 17.0 Å². The third-order valence-corrected chi connectivity index (χ3v) is 6.74. The van der Waals surface area contributed by atoms with E-state index in [1.165, 1.54) is 12.1 Å². The zero-order valence-electron chi connectivity index (χ0n) is 10.9. The topological polar surface area (TPSA) is 51.2 Å². The lowest BCUT2D eigenvalue weighted by Crippen LogP contribution is -2.19. The number of Topliss-reactive ketones (excluding diaryl/α,β-unsaturated/α-hetero) is 1. The standard InChI is InChI=1S/C15H12BrClO3S/c16-15(21(19,20)13-4-2-1-3-5-13)10-14(18)11-6-8-12(17)9-7-11/h1-9,15H,10H2/t15-/m1/s1. The summed E-state index contributed by atoms with van der Waals surface area (Å²) in [5, 5.41) is 0.527. The molecule has 0 spiro atoms. The predicted molar refractivity (Wildman–Crippen MR) is 86.7 cm³/mol. The van der Waals surface area contributed by atoms with Crippen LogP contribution in [0, 0.1) is 0 Å². The van der Waals surface area contributed by atoms with E-state index in [-0.39, 0.29) is 17.1 Å². The maximum Gasteiger partial charge on any atom is 0.191 e. The highest BCUT2D eigenvalue weighted by atomic mass is 79.9. The van der Waals surface area contributed by atoms with Gasteiger partial charge in [-0.25, -0.2) is 8.42 Å². The Morgan fingerprint density at radius 2 is 1.62 bits per heavy atom. The highest BCUT2D eigenvalue weighted by Crippen LogP contribution is 2.24. The number of rotatable bonds is 5. The molecule has 0 saturated heterocycles. The van der Waals surface area contributed by atoms with E-state index in [1.54, 1.807) is 42.5 Å². The maximum atomic E-state index is 12.3. The monoisotopic (exact) mass is 386 g/mol. The largest absolute Gasteiger partial charge is 0.294 e. The molecule has 0 N–H and O–H groups in total. The fourth-order valence-electron chi connectivity index (χ4n) is 1.77. The zero-order valence-corrected chi connectivity index (χ0v) is 14.0. The van der Waals surface area contributed by atoms with Gasteiger partial charge in [0.2, 0.25) is 0 Å². The minimum Gasteiger partial charge on any atom is -0.294 e. The zero-order chi connectivity index (χ0) is 15.5. The van der Waals surface area contributed by atoms with Crippen LogP contribution in [0.3, 0.4) is 0 Å². The van der Waals surface area contributed by atoms with Crippen LogP contribution in [0.5, 0.6) is 0 Å². The molecule has 2 rings (SSSR count). The molecule has 0 aliphatic carbocycles. The quantitative estimate of drug-likeness (QED) is 0.573. The summed E-state index contributed by atoms with van der Waals surface area (Å²) < 4.78 is 23.7. The van der Waals surface area contributed by atoms with Gasteiger partial charge in [-0.15, -0.1) is 0 Å². The number of benzene rings is 2. The molecule has 0 aromatic heterocycles. The summed E-state index contributed by atoms with van der Waals surface area (Å²) >= 11 is 8.87. The summed E-state index contributed by atoms with van der Waals surface area (Å²) in [5.41, 5.74) is 0.437. The minimum atomic E-state index is -3.58. The molecular formula is C15H12BrClO3S. The highest BCUT2D eigenvalue weighted by Gasteiger charge is 2.27. The molecule has 0 amide bonds. The van der Waals surface area contributed by atoms with Gasteiger partial charge in [0.15, 0.2) is 15.6 Å². The molecule has 0 saturated carbocycles. The average Bonchev–Trinajstić information content (AvgIpc) is 2.48. The van der Waals surface area contributed by atoms with E-state index >= 15 is 0 Å². The number of ketones is 1. The molecule has 1 atom stereocenters. The molecule has 0 radical (unpaired) electrons. The summed E-state index contributed by atoms with van der Waals surface area (Å²) in [7, 11) is -3.58. The van der Waals surface area contributed by atoms with Gasteiger partial charge < -0.3 is 0 Å². The molecule has 0 aliphatic heterocycles. The maximum absolute atomic E-state index is 12.3. The SMILES string of the molecule is O=C(C[C@H](Br)S(=O)(=O)c1ccccc1)c1ccc(Cl)cc1. The number of hydrogen-bond donors (Lipinski definition) is 0. The average molecular weight is 388 g/mol. The Morgan fingerprint density at radius 1 is 1.05 bits per heavy atom. The van der Waals surface area contributed by atoms with Crippen LogP contribution in [0.15, 0.2) is 59.5 Å². The van der Waals surface area contributed by atoms with Crippen molar-refractivity contribution in [1.82, 2.24) is 0 Å². The number of carbonyl (C=O) groups excluding carboxylic acids is 1. The van der Waals surface area contributed by atoms with Gasteiger partial charge in [-0.2, -0.15) is 0 Å². The van der Waals surface area contributed by atoms with E-state index in [1.807, 2.05) is 0 Å². The van der Waals surface area contributed by atoms with Crippen molar-refractivity contribution < 1.29 is 13.2 Å². The number of halogens is 2. The van der Waals surface area contributed by atoms with Crippen molar-refractivity contribution in [3.8, 4) is 0 Å². The van der Waals surface area contributed by atoms with Crippen molar-refractivity contribution >= 4 is 43.2 Å². The molecule has 6 heteroatoms. The summed E-state index contributed by atoms with van der Waals surface area (Å²) in [6.45, 7) is 0. The minimum absolute atomic E-state index is 0.140. The van der Waals surface area contributed by atoms with Gasteiger partial charge in [0.25, 0.3) is 0 Å². The van der Waals surface area contributed by atoms with Gasteiger partial charge in [-0.1, -0.05) is 45.7 Å². The number of carbonyl (C=O) groups is 1. The Morgan fingerprint density at radius 3 is 2.19 bits per heavy atom. The molecule has 0 heterocycles. The van der Waals surface area contributed by atoms with E-state index in [9.17, 15) is 13.2 Å². The van der Waals surface area contributed by atoms with E-state index in [0.29, 0.717) is 10.6 Å². The van der Waals surface area contributed by atoms with Crippen LogP contribution in [-0.2, 0) is 9.84 Å². The molecule has 3 nitrogen and oxygen atoms in total. The van der Waals surface area contributed by atoms with Crippen molar-refractivity contribution in [3.63, 3.8) is 0 Å². The predicted octanol–water partition coefficient (Wildman–Crippen LogP) is 4.11. The van der Waals surface area contributed by atoms with Crippen LogP contribution < -0.4 is 0 Å². The second-order valence-electron chi connectivity index (χ2n) is 4.40. The van der Waals surface area contributed by atoms with Crippen LogP contribution in [-0.4, -0.2) is 18.4 Å². The third kappa shape index (κ3) is 3.93. The van der Waals surface area contributed by atoms with E-state index in [2.05, 4.69) is 15.9 Å². The summed E-state index contributed by atoms with van der Waals surface area (Å²) in [5.74, 6) is -0.256. The van der Waals surface area contributed by atoms with E-state index in [4.69, 9.17) is 11.6 Å². The molecule has 110 valence electrons. The lowest BCUT2D eigenvalue weighted by Gasteiger charge is -2.11. The van der Waals surface area contributed by atoms with Gasteiger partial charge >= 0.3 is 0 Å². The summed E-state index contributed by atoms with van der Waals surface area (Å²) in [6.07, 6.45) is -0.140. The Bertz CT molecular complexity index is 727. The van der Waals surface area contributed by atoms with Crippen LogP contribution in [0.4, 0.5) is 0 Å². The first-order valence-electron chi connectivity index (χ1n) is 6.13. The van der Waals surface area contributed by atoms with Gasteiger partial charge in [-0.05, 0) is 36.4 Å². The van der Waals surface area contributed by atoms with Crippen molar-refractivity contribution in [2.24, 2.45) is 0 Å². The summed E-state index contributed by atoms with van der Waals surface area (Å²) in [6, 6.07) is 14.4. The van der Waals surface area contributed by atoms with Crippen LogP contribution in [0.2, 0.25) is 5.02 Å². The van der Waals surface area contributed by atoms with Crippen molar-refractivity contribution in [3.05, 3.63) is 65.2 Å². The smallest absolute Gasteiger partial charge is 0.191 e. The van der Waals surface area contributed by atoms with Gasteiger partial charge in [0.05, 0.1) is 4.90 Å². The first kappa shape index (κ1) is 16.2. The Hall–Kier alpha value is -1.17. The first-order chi connectivity index (χ1) is 9.91. The molecule has 0 bridgehead atoms. The second kappa shape index (κ2) is 6.73. The van der Waals surface area contributed by atoms with E-state index < -0.39 is 14.0 Å². The van der Waals surface area contributed by atoms with Crippen LogP contribution in [0.25, 0.3) is 0 Å². The first-order valence-corrected chi connectivity index (χ1v) is 8.97. The van der Waals surface area contributed by atoms with Gasteiger partial charge in [0.1, 0.15) is 4.16 Å². The highest BCUT2D eigenvalue weighted by molar-refractivity contribution is 9.11. The molecule has 2 aromatic rings. The normalized spacial score (nSPS) is 12.9. The third-order valence-electron chi connectivity index (χ3n) is 2.92. The number of sulfone groups is 1.